The molecule has 0 unspecified atom stereocenters. The number of nitrogens with zero attached hydrogens (tertiary/aromatic N) is 1. The van der Waals surface area contributed by atoms with Crippen molar-refractivity contribution in [1.82, 2.24) is 4.57 Å². The highest BCUT2D eigenvalue weighted by Gasteiger charge is 2.20. The number of nitrogen functional groups attached to an aromatic ring is 1. The predicted octanol–water partition coefficient (Wildman–Crippen LogP) is 4.34. The minimum atomic E-state index is -0.500. The number of ether oxygens (including phenoxy) is 1. The number of halogens is 1. The number of hydrogen-bond donors (Lipinski definition) is 2. The van der Waals surface area contributed by atoms with Crippen LogP contribution in [0.15, 0.2) is 42.5 Å². The summed E-state index contributed by atoms with van der Waals surface area (Å²) in [5.74, 6) is -1.33. The molecule has 0 saturated heterocycles. The van der Waals surface area contributed by atoms with E-state index in [0.29, 0.717) is 20.9 Å². The Balaban J connectivity index is 2.02. The first-order valence-electron chi connectivity index (χ1n) is 8.09. The van der Waals surface area contributed by atoms with Crippen molar-refractivity contribution in [1.29, 1.82) is 0 Å². The molecule has 0 spiro atoms. The van der Waals surface area contributed by atoms with Crippen molar-refractivity contribution < 1.29 is 18.7 Å². The number of aryl methyl sites for hydroxylation is 1. The summed E-state index contributed by atoms with van der Waals surface area (Å²) in [4.78, 5) is 24.6. The molecule has 0 aliphatic heterocycles. The number of anilines is 2. The second-order valence-electron chi connectivity index (χ2n) is 5.88. The van der Waals surface area contributed by atoms with Gasteiger partial charge in [-0.25, -0.2) is 9.18 Å². The summed E-state index contributed by atoms with van der Waals surface area (Å²) in [6, 6.07) is 10.5. The molecule has 0 saturated carbocycles. The molecule has 0 atom stereocenters. The number of aromatic nitrogens is 1. The lowest BCUT2D eigenvalue weighted by Crippen LogP contribution is -2.14. The quantitative estimate of drug-likeness (QED) is 0.487. The summed E-state index contributed by atoms with van der Waals surface area (Å²) >= 11 is 6.42. The molecule has 0 aliphatic carbocycles. The van der Waals surface area contributed by atoms with Crippen LogP contribution in [0.2, 0.25) is 0 Å². The average molecular weight is 417 g/mol. The van der Waals surface area contributed by atoms with E-state index in [1.54, 1.807) is 24.3 Å². The van der Waals surface area contributed by atoms with Crippen LogP contribution in [0, 0.1) is 16.7 Å². The van der Waals surface area contributed by atoms with Gasteiger partial charge in [-0.1, -0.05) is 23.5 Å². The number of hydrogen-bond acceptors (Lipinski definition) is 6. The van der Waals surface area contributed by atoms with E-state index in [9.17, 15) is 14.0 Å². The second-order valence-corrected chi connectivity index (χ2v) is 7.52. The van der Waals surface area contributed by atoms with E-state index < -0.39 is 17.7 Å². The Morgan fingerprint density at radius 1 is 1.25 bits per heavy atom. The minimum absolute atomic E-state index is 0.133. The maximum Gasteiger partial charge on any atom is 0.337 e. The number of thiazole rings is 1. The van der Waals surface area contributed by atoms with Crippen LogP contribution in [-0.2, 0) is 4.74 Å². The van der Waals surface area contributed by atoms with Gasteiger partial charge < -0.3 is 15.8 Å². The third-order valence-electron chi connectivity index (χ3n) is 4.01. The Kier molecular flexibility index (Phi) is 5.57. The number of nitrogens with one attached hydrogen (secondary N) is 1. The van der Waals surface area contributed by atoms with E-state index in [1.165, 1.54) is 29.9 Å². The minimum Gasteiger partial charge on any atom is -0.465 e. The number of esters is 1. The fourth-order valence-electron chi connectivity index (χ4n) is 2.63. The maximum atomic E-state index is 13.3. The van der Waals surface area contributed by atoms with E-state index in [4.69, 9.17) is 22.7 Å². The number of rotatable bonds is 4. The summed E-state index contributed by atoms with van der Waals surface area (Å²) in [7, 11) is 1.29. The molecule has 0 fully saturated rings. The zero-order valence-electron chi connectivity index (χ0n) is 15.0. The number of carbonyl (C=O) groups excluding carboxylic acids is 2. The van der Waals surface area contributed by atoms with Crippen LogP contribution in [0.4, 0.5) is 15.9 Å². The Morgan fingerprint density at radius 2 is 2.00 bits per heavy atom. The van der Waals surface area contributed by atoms with E-state index in [2.05, 4.69) is 5.32 Å². The van der Waals surface area contributed by atoms with Crippen LogP contribution >= 0.6 is 23.6 Å². The average Bonchev–Trinajstić information content (AvgIpc) is 2.96. The van der Waals surface area contributed by atoms with Crippen molar-refractivity contribution >= 4 is 46.9 Å². The molecular formula is C19H16FN3O3S2. The largest absolute Gasteiger partial charge is 0.465 e. The molecule has 28 heavy (non-hydrogen) atoms. The van der Waals surface area contributed by atoms with Crippen LogP contribution in [0.1, 0.15) is 25.6 Å². The van der Waals surface area contributed by atoms with Crippen LogP contribution in [0.5, 0.6) is 0 Å². The highest BCUT2D eigenvalue weighted by Crippen LogP contribution is 2.29. The SMILES string of the molecule is COC(=O)c1ccc(C)c(-n2c(N)c(C(=O)Nc3cccc(F)c3)sc2=S)c1. The van der Waals surface area contributed by atoms with Gasteiger partial charge in [0.15, 0.2) is 3.95 Å². The Bertz CT molecular complexity index is 1140. The first-order chi connectivity index (χ1) is 13.3. The number of nitrogens with two attached hydrogens (primary N) is 1. The standard InChI is InChI=1S/C19H16FN3O3S2/c1-10-6-7-11(18(25)26-2)8-14(10)23-16(21)15(28-19(23)27)17(24)22-13-5-3-4-12(20)9-13/h3-9H,21H2,1-2H3,(H,22,24). The molecule has 1 heterocycles. The third kappa shape index (κ3) is 3.80. The highest BCUT2D eigenvalue weighted by atomic mass is 32.1. The lowest BCUT2D eigenvalue weighted by Gasteiger charge is -2.11. The van der Waals surface area contributed by atoms with E-state index >= 15 is 0 Å². The first kappa shape index (κ1) is 19.7. The molecule has 6 nitrogen and oxygen atoms in total. The Labute approximate surface area is 169 Å². The van der Waals surface area contributed by atoms with Gasteiger partial charge in [-0.05, 0) is 55.0 Å². The molecule has 2 aromatic carbocycles. The lowest BCUT2D eigenvalue weighted by molar-refractivity contribution is 0.0600. The molecule has 9 heteroatoms. The number of carbonyl (C=O) groups is 2. The van der Waals surface area contributed by atoms with E-state index in [1.807, 2.05) is 6.92 Å². The van der Waals surface area contributed by atoms with Gasteiger partial charge in [0.1, 0.15) is 16.5 Å². The van der Waals surface area contributed by atoms with Crippen molar-refractivity contribution in [2.75, 3.05) is 18.2 Å². The summed E-state index contributed by atoms with van der Waals surface area (Å²) in [5, 5.41) is 2.60. The molecule has 3 rings (SSSR count). The second kappa shape index (κ2) is 7.91. The first-order valence-corrected chi connectivity index (χ1v) is 9.32. The van der Waals surface area contributed by atoms with Gasteiger partial charge in [0.05, 0.1) is 18.4 Å². The van der Waals surface area contributed by atoms with Gasteiger partial charge >= 0.3 is 5.97 Å². The fraction of sp³-hybridized carbons (Fsp3) is 0.105. The zero-order valence-corrected chi connectivity index (χ0v) is 16.6. The number of methoxy groups -OCH3 is 1. The highest BCUT2D eigenvalue weighted by molar-refractivity contribution is 7.73. The Morgan fingerprint density at radius 3 is 2.68 bits per heavy atom. The molecule has 1 amide bonds. The smallest absolute Gasteiger partial charge is 0.337 e. The molecule has 0 radical (unpaired) electrons. The topological polar surface area (TPSA) is 86.3 Å². The summed E-state index contributed by atoms with van der Waals surface area (Å²) in [6.07, 6.45) is 0. The van der Waals surface area contributed by atoms with Crippen molar-refractivity contribution in [2.24, 2.45) is 0 Å². The normalized spacial score (nSPS) is 10.5. The predicted molar refractivity (Wildman–Crippen MR) is 109 cm³/mol. The molecular weight excluding hydrogens is 401 g/mol. The molecule has 1 aromatic heterocycles. The number of amides is 1. The lowest BCUT2D eigenvalue weighted by atomic mass is 10.1. The van der Waals surface area contributed by atoms with Gasteiger partial charge in [0, 0.05) is 5.69 Å². The van der Waals surface area contributed by atoms with Gasteiger partial charge in [-0.2, -0.15) is 0 Å². The van der Waals surface area contributed by atoms with Gasteiger partial charge in [0.25, 0.3) is 5.91 Å². The van der Waals surface area contributed by atoms with Crippen molar-refractivity contribution in [2.45, 2.75) is 6.92 Å². The van der Waals surface area contributed by atoms with Crippen LogP contribution in [0.3, 0.4) is 0 Å². The van der Waals surface area contributed by atoms with Gasteiger partial charge in [-0.15, -0.1) is 0 Å². The monoisotopic (exact) mass is 417 g/mol. The summed E-state index contributed by atoms with van der Waals surface area (Å²) < 4.78 is 20.0. The molecule has 3 N–H and O–H groups in total. The fourth-order valence-corrected chi connectivity index (χ4v) is 3.87. The maximum absolute atomic E-state index is 13.3. The van der Waals surface area contributed by atoms with Crippen LogP contribution in [0.25, 0.3) is 5.69 Å². The molecule has 144 valence electrons. The van der Waals surface area contributed by atoms with Crippen molar-refractivity contribution in [3.05, 3.63) is 68.2 Å². The van der Waals surface area contributed by atoms with Crippen molar-refractivity contribution in [3.63, 3.8) is 0 Å². The van der Waals surface area contributed by atoms with Crippen molar-refractivity contribution in [3.8, 4) is 5.69 Å². The van der Waals surface area contributed by atoms with E-state index in [0.717, 1.165) is 16.9 Å². The summed E-state index contributed by atoms with van der Waals surface area (Å²) in [6.45, 7) is 1.84. The van der Waals surface area contributed by atoms with E-state index in [-0.39, 0.29) is 10.7 Å². The zero-order chi connectivity index (χ0) is 20.4. The van der Waals surface area contributed by atoms with Crippen LogP contribution < -0.4 is 11.1 Å². The summed E-state index contributed by atoms with van der Waals surface area (Å²) in [5.41, 5.74) is 8.23. The molecule has 0 aliphatic rings. The van der Waals surface area contributed by atoms with Gasteiger partial charge in [0.2, 0.25) is 0 Å². The third-order valence-corrected chi connectivity index (χ3v) is 5.39. The van der Waals surface area contributed by atoms with Crippen LogP contribution in [-0.4, -0.2) is 23.6 Å². The number of benzene rings is 2. The Hall–Kier alpha value is -3.04. The molecule has 0 bridgehead atoms. The molecule has 3 aromatic rings. The van der Waals surface area contributed by atoms with Gasteiger partial charge in [-0.3, -0.25) is 9.36 Å².